The van der Waals surface area contributed by atoms with E-state index in [4.69, 9.17) is 10.2 Å². The van der Waals surface area contributed by atoms with E-state index in [0.717, 1.165) is 5.56 Å². The highest BCUT2D eigenvalue weighted by molar-refractivity contribution is 6.10. The Bertz CT molecular complexity index is 564. The van der Waals surface area contributed by atoms with Crippen LogP contribution in [0.15, 0.2) is 35.9 Å². The van der Waals surface area contributed by atoms with Crippen molar-refractivity contribution in [2.75, 3.05) is 0 Å². The fraction of sp³-hybridized carbons (Fsp3) is 0.154. The zero-order chi connectivity index (χ0) is 14.0. The second kappa shape index (κ2) is 4.93. The lowest BCUT2D eigenvalue weighted by Crippen LogP contribution is -2.42. The number of hydrogen-bond acceptors (Lipinski definition) is 3. The lowest BCUT2D eigenvalue weighted by atomic mass is 10.1. The third-order valence-electron chi connectivity index (χ3n) is 2.85. The van der Waals surface area contributed by atoms with Crippen LogP contribution in [0.1, 0.15) is 12.0 Å². The summed E-state index contributed by atoms with van der Waals surface area (Å²) in [7, 11) is 0. The molecule has 1 aliphatic rings. The van der Waals surface area contributed by atoms with Crippen LogP contribution in [0.4, 0.5) is 4.79 Å². The lowest BCUT2D eigenvalue weighted by molar-refractivity contribution is -0.144. The lowest BCUT2D eigenvalue weighted by Gasteiger charge is -2.14. The summed E-state index contributed by atoms with van der Waals surface area (Å²) in [5.74, 6) is -2.10. The second-order valence-corrected chi connectivity index (χ2v) is 4.10. The molecule has 1 heterocycles. The van der Waals surface area contributed by atoms with Gasteiger partial charge in [0, 0.05) is 12.0 Å². The number of carboxylic acid groups (broad SMARTS) is 2. The van der Waals surface area contributed by atoms with Gasteiger partial charge in [-0.05, 0) is 11.6 Å². The molecule has 6 heteroatoms. The molecule has 0 bridgehead atoms. The first kappa shape index (κ1) is 12.8. The van der Waals surface area contributed by atoms with E-state index in [1.54, 1.807) is 24.3 Å². The highest BCUT2D eigenvalue weighted by Gasteiger charge is 2.43. The van der Waals surface area contributed by atoms with Crippen molar-refractivity contribution >= 4 is 24.0 Å². The molecule has 2 rings (SSSR count). The molecule has 0 spiro atoms. The number of likely N-dealkylation sites (tertiary alicyclic amines) is 1. The predicted molar refractivity (Wildman–Crippen MR) is 65.3 cm³/mol. The Labute approximate surface area is 108 Å². The van der Waals surface area contributed by atoms with Crippen LogP contribution in [0.3, 0.4) is 0 Å². The molecule has 1 saturated heterocycles. The SMILES string of the molecule is O=C(O)[C@@H]1C/C(=C\c2ccccc2)C(=O)N1C(=O)O. The van der Waals surface area contributed by atoms with Crippen LogP contribution in [-0.2, 0) is 9.59 Å². The van der Waals surface area contributed by atoms with E-state index in [-0.39, 0.29) is 12.0 Å². The minimum Gasteiger partial charge on any atom is -0.480 e. The second-order valence-electron chi connectivity index (χ2n) is 4.10. The Hall–Kier alpha value is -2.63. The van der Waals surface area contributed by atoms with Gasteiger partial charge < -0.3 is 10.2 Å². The Balaban J connectivity index is 2.35. The number of aliphatic carboxylic acids is 1. The molecular weight excluding hydrogens is 250 g/mol. The van der Waals surface area contributed by atoms with Crippen LogP contribution in [0.25, 0.3) is 6.08 Å². The van der Waals surface area contributed by atoms with Crippen molar-refractivity contribution in [3.05, 3.63) is 41.5 Å². The standard InChI is InChI=1S/C13H11NO5/c15-11-9(6-8-4-2-1-3-5-8)7-10(12(16)17)14(11)13(18)19/h1-6,10H,7H2,(H,16,17)(H,18,19)/b9-6+/t10-/m0/s1. The molecule has 0 unspecified atom stereocenters. The topological polar surface area (TPSA) is 94.9 Å². The summed E-state index contributed by atoms with van der Waals surface area (Å²) < 4.78 is 0. The zero-order valence-corrected chi connectivity index (χ0v) is 9.81. The monoisotopic (exact) mass is 261 g/mol. The average molecular weight is 261 g/mol. The molecule has 1 aromatic rings. The van der Waals surface area contributed by atoms with E-state index in [9.17, 15) is 14.4 Å². The number of benzene rings is 1. The van der Waals surface area contributed by atoms with Crippen molar-refractivity contribution in [2.45, 2.75) is 12.5 Å². The van der Waals surface area contributed by atoms with E-state index < -0.39 is 24.0 Å². The molecule has 1 aliphatic heterocycles. The van der Waals surface area contributed by atoms with Crippen molar-refractivity contribution in [3.63, 3.8) is 0 Å². The van der Waals surface area contributed by atoms with Gasteiger partial charge in [0.25, 0.3) is 5.91 Å². The van der Waals surface area contributed by atoms with E-state index in [1.165, 1.54) is 6.08 Å². The van der Waals surface area contributed by atoms with Gasteiger partial charge in [-0.2, -0.15) is 0 Å². The fourth-order valence-electron chi connectivity index (χ4n) is 1.97. The number of amides is 2. The van der Waals surface area contributed by atoms with Crippen LogP contribution in [-0.4, -0.2) is 39.1 Å². The maximum Gasteiger partial charge on any atom is 0.415 e. The van der Waals surface area contributed by atoms with Crippen LogP contribution in [0, 0.1) is 0 Å². The van der Waals surface area contributed by atoms with Crippen molar-refractivity contribution in [1.82, 2.24) is 4.90 Å². The summed E-state index contributed by atoms with van der Waals surface area (Å²) in [5.41, 5.74) is 0.906. The highest BCUT2D eigenvalue weighted by Crippen LogP contribution is 2.26. The number of rotatable bonds is 2. The summed E-state index contributed by atoms with van der Waals surface area (Å²) in [6, 6.07) is 7.51. The van der Waals surface area contributed by atoms with Gasteiger partial charge >= 0.3 is 12.1 Å². The first-order valence-corrected chi connectivity index (χ1v) is 5.55. The van der Waals surface area contributed by atoms with E-state index in [1.807, 2.05) is 6.07 Å². The Kier molecular flexibility index (Phi) is 3.33. The number of nitrogens with zero attached hydrogens (tertiary/aromatic N) is 1. The first-order chi connectivity index (χ1) is 9.00. The van der Waals surface area contributed by atoms with Gasteiger partial charge in [-0.1, -0.05) is 30.3 Å². The van der Waals surface area contributed by atoms with Crippen molar-refractivity contribution < 1.29 is 24.6 Å². The minimum atomic E-state index is -1.55. The molecule has 2 amide bonds. The van der Waals surface area contributed by atoms with Crippen LogP contribution in [0.5, 0.6) is 0 Å². The van der Waals surface area contributed by atoms with E-state index in [2.05, 4.69) is 0 Å². The molecule has 98 valence electrons. The third kappa shape index (κ3) is 2.47. The average Bonchev–Trinajstić information content (AvgIpc) is 2.68. The summed E-state index contributed by atoms with van der Waals surface area (Å²) in [6.45, 7) is 0. The van der Waals surface area contributed by atoms with Crippen LogP contribution < -0.4 is 0 Å². The molecule has 19 heavy (non-hydrogen) atoms. The first-order valence-electron chi connectivity index (χ1n) is 5.55. The van der Waals surface area contributed by atoms with Crippen LogP contribution in [0.2, 0.25) is 0 Å². The molecule has 1 aromatic carbocycles. The number of carbonyl (C=O) groups is 3. The number of carboxylic acids is 1. The van der Waals surface area contributed by atoms with Crippen molar-refractivity contribution in [2.24, 2.45) is 0 Å². The normalized spacial score (nSPS) is 20.8. The van der Waals surface area contributed by atoms with Crippen molar-refractivity contribution in [1.29, 1.82) is 0 Å². The zero-order valence-electron chi connectivity index (χ0n) is 9.81. The molecule has 1 fully saturated rings. The highest BCUT2D eigenvalue weighted by atomic mass is 16.4. The van der Waals surface area contributed by atoms with Crippen LogP contribution >= 0.6 is 0 Å². The number of carbonyl (C=O) groups excluding carboxylic acids is 1. The predicted octanol–water partition coefficient (Wildman–Crippen LogP) is 1.43. The Morgan fingerprint density at radius 1 is 1.21 bits per heavy atom. The van der Waals surface area contributed by atoms with E-state index in [0.29, 0.717) is 4.90 Å². The van der Waals surface area contributed by atoms with Gasteiger partial charge in [0.05, 0.1) is 0 Å². The summed E-state index contributed by atoms with van der Waals surface area (Å²) in [4.78, 5) is 34.2. The van der Waals surface area contributed by atoms with Gasteiger partial charge in [-0.25, -0.2) is 14.5 Å². The van der Waals surface area contributed by atoms with Gasteiger partial charge in [-0.3, -0.25) is 4.79 Å². The molecule has 1 atom stereocenters. The molecule has 2 N–H and O–H groups in total. The maximum atomic E-state index is 11.9. The molecule has 0 radical (unpaired) electrons. The quantitative estimate of drug-likeness (QED) is 0.785. The van der Waals surface area contributed by atoms with Gasteiger partial charge in [0.2, 0.25) is 0 Å². The Morgan fingerprint density at radius 2 is 1.84 bits per heavy atom. The number of imide groups is 1. The summed E-state index contributed by atoms with van der Waals surface area (Å²) >= 11 is 0. The largest absolute Gasteiger partial charge is 0.480 e. The smallest absolute Gasteiger partial charge is 0.415 e. The number of hydrogen-bond donors (Lipinski definition) is 2. The van der Waals surface area contributed by atoms with Gasteiger partial charge in [-0.15, -0.1) is 0 Å². The summed E-state index contributed by atoms with van der Waals surface area (Å²) in [6.07, 6.45) is -0.148. The summed E-state index contributed by atoms with van der Waals surface area (Å²) in [5, 5.41) is 17.9. The van der Waals surface area contributed by atoms with Crippen molar-refractivity contribution in [3.8, 4) is 0 Å². The fourth-order valence-corrected chi connectivity index (χ4v) is 1.97. The maximum absolute atomic E-state index is 11.9. The Morgan fingerprint density at radius 3 is 2.32 bits per heavy atom. The molecule has 0 saturated carbocycles. The van der Waals surface area contributed by atoms with E-state index >= 15 is 0 Å². The molecular formula is C13H11NO5. The molecule has 0 aliphatic carbocycles. The minimum absolute atomic E-state index is 0.116. The molecule has 0 aromatic heterocycles. The van der Waals surface area contributed by atoms with Gasteiger partial charge in [0.1, 0.15) is 6.04 Å². The molecule has 6 nitrogen and oxygen atoms in total. The van der Waals surface area contributed by atoms with Gasteiger partial charge in [0.15, 0.2) is 0 Å². The third-order valence-corrected chi connectivity index (χ3v) is 2.85.